The van der Waals surface area contributed by atoms with Gasteiger partial charge in [-0.25, -0.2) is 0 Å². The normalized spacial score (nSPS) is 14.9. The van der Waals surface area contributed by atoms with Crippen molar-refractivity contribution in [2.45, 2.75) is 45.2 Å². The fraction of sp³-hybridized carbons (Fsp3) is 0.636. The van der Waals surface area contributed by atoms with Crippen LogP contribution in [-0.2, 0) is 19.2 Å². The van der Waals surface area contributed by atoms with Crippen LogP contribution in [0.1, 0.15) is 34.1 Å². The van der Waals surface area contributed by atoms with Crippen molar-refractivity contribution in [2.24, 2.45) is 11.5 Å². The van der Waals surface area contributed by atoms with Gasteiger partial charge in [-0.1, -0.05) is 0 Å². The Kier molecular flexibility index (Phi) is 4.45. The van der Waals surface area contributed by atoms with Crippen molar-refractivity contribution in [3.63, 3.8) is 0 Å². The fourth-order valence-electron chi connectivity index (χ4n) is 1.81. The van der Waals surface area contributed by atoms with E-state index in [1.807, 2.05) is 0 Å². The molecule has 0 heterocycles. The summed E-state index contributed by atoms with van der Waals surface area (Å²) in [6.45, 7) is 4.47. The van der Waals surface area contributed by atoms with Gasteiger partial charge in [-0.05, 0) is 27.7 Å². The van der Waals surface area contributed by atoms with Gasteiger partial charge < -0.3 is 11.5 Å². The molecule has 0 aliphatic carbocycles. The molecule has 1 unspecified atom stereocenters. The summed E-state index contributed by atoms with van der Waals surface area (Å²) in [7, 11) is 0. The highest BCUT2D eigenvalue weighted by molar-refractivity contribution is 6.17. The maximum atomic E-state index is 11.6. The van der Waals surface area contributed by atoms with Crippen LogP contribution < -0.4 is 11.5 Å². The molecule has 0 saturated heterocycles. The van der Waals surface area contributed by atoms with Gasteiger partial charge in [-0.2, -0.15) is 0 Å². The third kappa shape index (κ3) is 2.48. The number of Topliss-reactive ketones (excluding diaryl/α,β-unsaturated/α-hetero) is 4. The Morgan fingerprint density at radius 2 is 1.18 bits per heavy atom. The highest BCUT2D eigenvalue weighted by Crippen LogP contribution is 2.25. The average molecular weight is 242 g/mol. The molecule has 0 rings (SSSR count). The molecule has 4 N–H and O–H groups in total. The summed E-state index contributed by atoms with van der Waals surface area (Å²) >= 11 is 0. The van der Waals surface area contributed by atoms with Crippen molar-refractivity contribution in [2.75, 3.05) is 0 Å². The molecule has 17 heavy (non-hydrogen) atoms. The van der Waals surface area contributed by atoms with Crippen molar-refractivity contribution < 1.29 is 19.2 Å². The van der Waals surface area contributed by atoms with Crippen molar-refractivity contribution in [3.8, 4) is 0 Å². The van der Waals surface area contributed by atoms with Crippen molar-refractivity contribution in [1.82, 2.24) is 0 Å². The number of hydrogen-bond donors (Lipinski definition) is 2. The predicted molar refractivity (Wildman–Crippen MR) is 61.2 cm³/mol. The van der Waals surface area contributed by atoms with Crippen LogP contribution >= 0.6 is 0 Å². The topological polar surface area (TPSA) is 120 Å². The zero-order valence-corrected chi connectivity index (χ0v) is 10.5. The van der Waals surface area contributed by atoms with Gasteiger partial charge in [-0.15, -0.1) is 0 Å². The van der Waals surface area contributed by atoms with E-state index in [0.717, 1.165) is 20.8 Å². The van der Waals surface area contributed by atoms with E-state index in [-0.39, 0.29) is 0 Å². The first-order valence-electron chi connectivity index (χ1n) is 5.10. The third-order valence-corrected chi connectivity index (χ3v) is 2.97. The molecule has 1 atom stereocenters. The maximum Gasteiger partial charge on any atom is 0.159 e. The van der Waals surface area contributed by atoms with Crippen LogP contribution in [-0.4, -0.2) is 34.2 Å². The molecular formula is C11H18N2O4. The monoisotopic (exact) mass is 242 g/mol. The van der Waals surface area contributed by atoms with Crippen LogP contribution in [0.15, 0.2) is 0 Å². The smallest absolute Gasteiger partial charge is 0.159 e. The Hall–Kier alpha value is -1.40. The summed E-state index contributed by atoms with van der Waals surface area (Å²) in [6.07, 6.45) is -0.446. The Morgan fingerprint density at radius 1 is 0.824 bits per heavy atom. The molecule has 0 fully saturated rings. The Morgan fingerprint density at radius 3 is 1.35 bits per heavy atom. The summed E-state index contributed by atoms with van der Waals surface area (Å²) in [6, 6.07) is 0. The van der Waals surface area contributed by atoms with Gasteiger partial charge >= 0.3 is 0 Å². The number of nitrogens with two attached hydrogens (primary N) is 2. The SMILES string of the molecule is CC(=O)CC(N)(C(C)=O)C(N)(C(C)=O)C(C)=O. The molecule has 0 aromatic rings. The third-order valence-electron chi connectivity index (χ3n) is 2.97. The number of carbonyl (C=O) groups is 4. The molecule has 0 saturated carbocycles. The highest BCUT2D eigenvalue weighted by Gasteiger charge is 2.56. The standard InChI is InChI=1S/C11H18N2O4/c1-6(14)5-10(12,7(2)15)11(13,8(3)16)9(4)17/h5,12-13H2,1-4H3. The zero-order valence-electron chi connectivity index (χ0n) is 10.5. The Bertz CT molecular complexity index is 375. The largest absolute Gasteiger partial charge is 0.316 e. The van der Waals surface area contributed by atoms with Gasteiger partial charge in [-0.3, -0.25) is 19.2 Å². The molecule has 0 aliphatic heterocycles. The van der Waals surface area contributed by atoms with E-state index in [4.69, 9.17) is 11.5 Å². The summed E-state index contributed by atoms with van der Waals surface area (Å²) in [5, 5.41) is 0. The molecule has 0 aliphatic rings. The van der Waals surface area contributed by atoms with Gasteiger partial charge in [0.05, 0.1) is 0 Å². The second-order valence-corrected chi connectivity index (χ2v) is 4.33. The first-order valence-corrected chi connectivity index (χ1v) is 5.10. The second kappa shape index (κ2) is 4.85. The van der Waals surface area contributed by atoms with Gasteiger partial charge in [0.1, 0.15) is 11.3 Å². The van der Waals surface area contributed by atoms with Crippen molar-refractivity contribution >= 4 is 23.1 Å². The first-order chi connectivity index (χ1) is 7.50. The molecule has 0 aromatic carbocycles. The van der Waals surface area contributed by atoms with E-state index >= 15 is 0 Å². The van der Waals surface area contributed by atoms with Crippen LogP contribution in [0.25, 0.3) is 0 Å². The van der Waals surface area contributed by atoms with Gasteiger partial charge in [0.25, 0.3) is 0 Å². The quantitative estimate of drug-likeness (QED) is 0.584. The summed E-state index contributed by atoms with van der Waals surface area (Å²) in [5.74, 6) is -2.55. The second-order valence-electron chi connectivity index (χ2n) is 4.33. The molecule has 6 heteroatoms. The van der Waals surface area contributed by atoms with E-state index in [0.29, 0.717) is 0 Å². The van der Waals surface area contributed by atoms with E-state index in [1.54, 1.807) is 0 Å². The summed E-state index contributed by atoms with van der Waals surface area (Å²) in [4.78, 5) is 45.8. The predicted octanol–water partition coefficient (Wildman–Crippen LogP) is -0.872. The van der Waals surface area contributed by atoms with Crippen LogP contribution in [0, 0.1) is 0 Å². The molecule has 0 aromatic heterocycles. The number of hydrogen-bond acceptors (Lipinski definition) is 6. The average Bonchev–Trinajstić information content (AvgIpc) is 2.13. The lowest BCUT2D eigenvalue weighted by molar-refractivity contribution is -0.143. The molecule has 96 valence electrons. The molecule has 6 nitrogen and oxygen atoms in total. The highest BCUT2D eigenvalue weighted by atomic mass is 16.2. The van der Waals surface area contributed by atoms with Gasteiger partial charge in [0.2, 0.25) is 0 Å². The summed E-state index contributed by atoms with van der Waals surface area (Å²) < 4.78 is 0. The van der Waals surface area contributed by atoms with Crippen LogP contribution in [0.4, 0.5) is 0 Å². The Labute approximate surface area is 99.7 Å². The van der Waals surface area contributed by atoms with Crippen LogP contribution in [0.3, 0.4) is 0 Å². The van der Waals surface area contributed by atoms with Crippen molar-refractivity contribution in [3.05, 3.63) is 0 Å². The van der Waals surface area contributed by atoms with Crippen LogP contribution in [0.5, 0.6) is 0 Å². The first kappa shape index (κ1) is 15.6. The van der Waals surface area contributed by atoms with E-state index in [2.05, 4.69) is 0 Å². The zero-order chi connectivity index (χ0) is 14.0. The number of rotatable bonds is 6. The lowest BCUT2D eigenvalue weighted by atomic mass is 9.68. The van der Waals surface area contributed by atoms with E-state index in [1.165, 1.54) is 6.92 Å². The maximum absolute atomic E-state index is 11.6. The molecule has 0 bridgehead atoms. The van der Waals surface area contributed by atoms with E-state index < -0.39 is 40.6 Å². The summed E-state index contributed by atoms with van der Waals surface area (Å²) in [5.41, 5.74) is 7.35. The molecule has 0 spiro atoms. The number of carbonyl (C=O) groups excluding carboxylic acids is 4. The number of ketones is 4. The minimum atomic E-state index is -2.16. The molecular weight excluding hydrogens is 224 g/mol. The molecule has 0 amide bonds. The van der Waals surface area contributed by atoms with Gasteiger partial charge in [0.15, 0.2) is 22.9 Å². The lowest BCUT2D eigenvalue weighted by Crippen LogP contribution is -2.76. The van der Waals surface area contributed by atoms with Crippen molar-refractivity contribution in [1.29, 1.82) is 0 Å². The Balaban J connectivity index is 5.89. The lowest BCUT2D eigenvalue weighted by Gasteiger charge is -2.40. The fourth-order valence-corrected chi connectivity index (χ4v) is 1.81. The van der Waals surface area contributed by atoms with Crippen LogP contribution in [0.2, 0.25) is 0 Å². The minimum absolute atomic E-state index is 0.417. The van der Waals surface area contributed by atoms with E-state index in [9.17, 15) is 19.2 Å². The molecule has 0 radical (unpaired) electrons. The van der Waals surface area contributed by atoms with Gasteiger partial charge in [0, 0.05) is 6.42 Å². The minimum Gasteiger partial charge on any atom is -0.316 e.